The van der Waals surface area contributed by atoms with Crippen LogP contribution in [0.1, 0.15) is 5.56 Å². The number of anilines is 1. The van der Waals surface area contributed by atoms with E-state index < -0.39 is 11.9 Å². The quantitative estimate of drug-likeness (QED) is 0.708. The number of phenolic OH excluding ortho intramolecular Hbond substituents is 1. The Morgan fingerprint density at radius 2 is 2.04 bits per heavy atom. The molecule has 1 aliphatic rings. The summed E-state index contributed by atoms with van der Waals surface area (Å²) in [6.07, 6.45) is 1.52. The molecule has 2 aromatic rings. The highest BCUT2D eigenvalue weighted by Crippen LogP contribution is 2.22. The lowest BCUT2D eigenvalue weighted by molar-refractivity contribution is -0.115. The molecule has 1 saturated heterocycles. The lowest BCUT2D eigenvalue weighted by atomic mass is 10.1. The first kappa shape index (κ1) is 17.5. The van der Waals surface area contributed by atoms with Crippen LogP contribution < -0.4 is 10.6 Å². The molecule has 2 aromatic carbocycles. The van der Waals surface area contributed by atoms with Crippen LogP contribution in [-0.2, 0) is 4.79 Å². The first-order valence-corrected chi connectivity index (χ1v) is 8.02. The van der Waals surface area contributed by atoms with Crippen LogP contribution in [0.25, 0.3) is 6.08 Å². The van der Waals surface area contributed by atoms with E-state index in [9.17, 15) is 14.7 Å². The van der Waals surface area contributed by atoms with E-state index in [4.69, 9.17) is 11.6 Å². The number of guanidine groups is 1. The fourth-order valence-electron chi connectivity index (χ4n) is 2.35. The van der Waals surface area contributed by atoms with E-state index in [-0.39, 0.29) is 17.4 Å². The average molecular weight is 371 g/mol. The number of carbonyl (C=O) groups excluding carboxylic acids is 2. The van der Waals surface area contributed by atoms with Crippen molar-refractivity contribution in [3.8, 4) is 5.75 Å². The SMILES string of the molecule is CN1C(=Cc2ccccc2O)C(=O)NC1=NC(=O)Nc1cccc(Cl)c1. The van der Waals surface area contributed by atoms with Gasteiger partial charge in [-0.1, -0.05) is 35.9 Å². The third kappa shape index (κ3) is 3.84. The Kier molecular flexibility index (Phi) is 4.90. The molecule has 0 radical (unpaired) electrons. The van der Waals surface area contributed by atoms with Gasteiger partial charge in [-0.05, 0) is 30.3 Å². The lowest BCUT2D eigenvalue weighted by Crippen LogP contribution is -2.29. The molecule has 0 unspecified atom stereocenters. The Morgan fingerprint density at radius 3 is 2.77 bits per heavy atom. The van der Waals surface area contributed by atoms with Gasteiger partial charge in [-0.25, -0.2) is 4.79 Å². The summed E-state index contributed by atoms with van der Waals surface area (Å²) in [7, 11) is 1.59. The van der Waals surface area contributed by atoms with Crippen LogP contribution in [0.5, 0.6) is 5.75 Å². The van der Waals surface area contributed by atoms with Crippen LogP contribution in [0, 0.1) is 0 Å². The standard InChI is InChI=1S/C18H15ClN4O3/c1-23-14(9-11-5-2-3-8-15(11)24)16(25)21-17(23)22-18(26)20-13-7-4-6-12(19)10-13/h2-10,24H,1H3,(H2,20,21,22,25,26). The van der Waals surface area contributed by atoms with E-state index in [2.05, 4.69) is 15.6 Å². The first-order valence-electron chi connectivity index (χ1n) is 7.64. The molecule has 132 valence electrons. The van der Waals surface area contributed by atoms with E-state index >= 15 is 0 Å². The molecule has 1 fully saturated rings. The molecule has 1 heterocycles. The number of nitrogens with one attached hydrogen (secondary N) is 2. The smallest absolute Gasteiger partial charge is 0.348 e. The van der Waals surface area contributed by atoms with Crippen LogP contribution >= 0.6 is 11.6 Å². The number of urea groups is 1. The van der Waals surface area contributed by atoms with E-state index in [1.165, 1.54) is 17.0 Å². The lowest BCUT2D eigenvalue weighted by Gasteiger charge is -2.11. The van der Waals surface area contributed by atoms with Crippen molar-refractivity contribution >= 4 is 41.3 Å². The summed E-state index contributed by atoms with van der Waals surface area (Å²) in [6, 6.07) is 12.6. The van der Waals surface area contributed by atoms with Crippen LogP contribution in [0.2, 0.25) is 5.02 Å². The van der Waals surface area contributed by atoms with E-state index in [0.717, 1.165) is 0 Å². The molecule has 0 saturated carbocycles. The predicted molar refractivity (Wildman–Crippen MR) is 99.9 cm³/mol. The zero-order chi connectivity index (χ0) is 18.7. The maximum absolute atomic E-state index is 12.2. The maximum Gasteiger partial charge on any atom is 0.348 e. The number of amides is 3. The van der Waals surface area contributed by atoms with Gasteiger partial charge in [0.1, 0.15) is 11.4 Å². The summed E-state index contributed by atoms with van der Waals surface area (Å²) in [5, 5.41) is 15.4. The Labute approximate surface area is 154 Å². The van der Waals surface area contributed by atoms with Crippen molar-refractivity contribution < 1.29 is 14.7 Å². The van der Waals surface area contributed by atoms with Crippen molar-refractivity contribution in [2.45, 2.75) is 0 Å². The fraction of sp³-hybridized carbons (Fsp3) is 0.0556. The predicted octanol–water partition coefficient (Wildman–Crippen LogP) is 3.04. The summed E-state index contributed by atoms with van der Waals surface area (Å²) in [5.41, 5.74) is 1.22. The number of hydrogen-bond acceptors (Lipinski definition) is 3. The number of halogens is 1. The number of benzene rings is 2. The Morgan fingerprint density at radius 1 is 1.27 bits per heavy atom. The molecule has 1 aliphatic heterocycles. The number of aliphatic imine (C=N–C) groups is 1. The number of para-hydroxylation sites is 1. The zero-order valence-electron chi connectivity index (χ0n) is 13.7. The molecule has 3 N–H and O–H groups in total. The first-order chi connectivity index (χ1) is 12.4. The molecule has 0 aliphatic carbocycles. The number of carbonyl (C=O) groups is 2. The van der Waals surface area contributed by atoms with Crippen LogP contribution in [0.3, 0.4) is 0 Å². The average Bonchev–Trinajstić information content (AvgIpc) is 2.84. The van der Waals surface area contributed by atoms with Gasteiger partial charge in [0.25, 0.3) is 5.91 Å². The second-order valence-corrected chi connectivity index (χ2v) is 5.91. The van der Waals surface area contributed by atoms with Crippen LogP contribution in [0.15, 0.2) is 59.2 Å². The molecular formula is C18H15ClN4O3. The number of aromatic hydroxyl groups is 1. The molecule has 7 nitrogen and oxygen atoms in total. The number of hydrogen-bond donors (Lipinski definition) is 3. The Hall–Kier alpha value is -3.32. The van der Waals surface area contributed by atoms with Gasteiger partial charge in [0.05, 0.1) is 0 Å². The van der Waals surface area contributed by atoms with Crippen molar-refractivity contribution in [2.75, 3.05) is 12.4 Å². The molecule has 0 aromatic heterocycles. The Bertz CT molecular complexity index is 940. The minimum Gasteiger partial charge on any atom is -0.507 e. The van der Waals surface area contributed by atoms with Gasteiger partial charge >= 0.3 is 6.03 Å². The van der Waals surface area contributed by atoms with Crippen LogP contribution in [0.4, 0.5) is 10.5 Å². The second kappa shape index (κ2) is 7.28. The van der Waals surface area contributed by atoms with Gasteiger partial charge in [0.15, 0.2) is 0 Å². The van der Waals surface area contributed by atoms with Crippen LogP contribution in [-0.4, -0.2) is 35.0 Å². The summed E-state index contributed by atoms with van der Waals surface area (Å²) in [4.78, 5) is 29.5. The van der Waals surface area contributed by atoms with E-state index in [1.54, 1.807) is 49.5 Å². The number of phenols is 1. The highest BCUT2D eigenvalue weighted by atomic mass is 35.5. The largest absolute Gasteiger partial charge is 0.507 e. The minimum atomic E-state index is -0.654. The van der Waals surface area contributed by atoms with Gasteiger partial charge in [-0.15, -0.1) is 0 Å². The molecule has 26 heavy (non-hydrogen) atoms. The molecule has 0 bridgehead atoms. The van der Waals surface area contributed by atoms with E-state index in [1.807, 2.05) is 0 Å². The van der Waals surface area contributed by atoms with Crippen molar-refractivity contribution in [1.29, 1.82) is 0 Å². The highest BCUT2D eigenvalue weighted by Gasteiger charge is 2.29. The number of likely N-dealkylation sites (N-methyl/N-ethyl adjacent to an activating group) is 1. The minimum absolute atomic E-state index is 0.0466. The normalized spacial score (nSPS) is 16.8. The third-order valence-electron chi connectivity index (χ3n) is 3.65. The van der Waals surface area contributed by atoms with Gasteiger partial charge in [0, 0.05) is 23.3 Å². The fourth-order valence-corrected chi connectivity index (χ4v) is 2.54. The molecule has 8 heteroatoms. The summed E-state index contributed by atoms with van der Waals surface area (Å²) >= 11 is 5.87. The van der Waals surface area contributed by atoms with E-state index in [0.29, 0.717) is 16.3 Å². The van der Waals surface area contributed by atoms with Gasteiger partial charge in [-0.3, -0.25) is 10.1 Å². The number of nitrogens with zero attached hydrogens (tertiary/aromatic N) is 2. The third-order valence-corrected chi connectivity index (χ3v) is 3.88. The summed E-state index contributed by atoms with van der Waals surface area (Å²) in [6.45, 7) is 0. The van der Waals surface area contributed by atoms with Crippen molar-refractivity contribution in [2.24, 2.45) is 4.99 Å². The summed E-state index contributed by atoms with van der Waals surface area (Å²) in [5.74, 6) is -0.299. The second-order valence-electron chi connectivity index (χ2n) is 5.48. The molecule has 0 atom stereocenters. The molecular weight excluding hydrogens is 356 g/mol. The zero-order valence-corrected chi connectivity index (χ0v) is 14.5. The monoisotopic (exact) mass is 370 g/mol. The number of rotatable bonds is 2. The highest BCUT2D eigenvalue weighted by molar-refractivity contribution is 6.30. The summed E-state index contributed by atoms with van der Waals surface area (Å²) < 4.78 is 0. The van der Waals surface area contributed by atoms with Gasteiger partial charge in [0.2, 0.25) is 5.96 Å². The molecule has 3 rings (SSSR count). The van der Waals surface area contributed by atoms with Gasteiger partial charge < -0.3 is 15.3 Å². The van der Waals surface area contributed by atoms with Crippen molar-refractivity contribution in [3.05, 3.63) is 64.8 Å². The van der Waals surface area contributed by atoms with Crippen molar-refractivity contribution in [3.63, 3.8) is 0 Å². The molecule has 0 spiro atoms. The van der Waals surface area contributed by atoms with Crippen molar-refractivity contribution in [1.82, 2.24) is 10.2 Å². The maximum atomic E-state index is 12.2. The van der Waals surface area contributed by atoms with Gasteiger partial charge in [-0.2, -0.15) is 4.99 Å². The Balaban J connectivity index is 1.79. The topological polar surface area (TPSA) is 94.0 Å². The molecule has 3 amide bonds.